The number of aryl methyl sites for hydroxylation is 2. The van der Waals surface area contributed by atoms with Crippen LogP contribution in [-0.4, -0.2) is 44.7 Å². The van der Waals surface area contributed by atoms with Gasteiger partial charge in [-0.25, -0.2) is 19.2 Å². The highest BCUT2D eigenvalue weighted by Gasteiger charge is 2.38. The Balaban J connectivity index is 0.000000493. The summed E-state index contributed by atoms with van der Waals surface area (Å²) >= 11 is 5.92. The van der Waals surface area contributed by atoms with E-state index in [1.807, 2.05) is 26.0 Å². The molecule has 5 rings (SSSR count). The number of benzene rings is 2. The molecule has 2 N–H and O–H groups in total. The van der Waals surface area contributed by atoms with Crippen molar-refractivity contribution in [3.8, 4) is 0 Å². The maximum absolute atomic E-state index is 14.0. The fraction of sp³-hybridized carbons (Fsp3) is 0.250. The first kappa shape index (κ1) is 29.7. The maximum Gasteiger partial charge on any atom is 0.490 e. The fourth-order valence-electron chi connectivity index (χ4n) is 4.29. The third-order valence-electron chi connectivity index (χ3n) is 6.20. The SMILES string of the molecule is Cc1nc(N2CCCc3nc(C(C)NC(=O)c4ccc(Cl)cc4)ccc32)c2cc(F)ccc2n1.O=C(O)C(F)(F)F. The van der Waals surface area contributed by atoms with Gasteiger partial charge in [0.1, 0.15) is 17.5 Å². The summed E-state index contributed by atoms with van der Waals surface area (Å²) in [5.74, 6) is -1.95. The molecule has 1 aliphatic rings. The number of alkyl halides is 3. The number of hydrogen-bond acceptors (Lipinski definition) is 6. The number of carboxylic acid groups (broad SMARTS) is 1. The second-order valence-electron chi connectivity index (χ2n) is 9.22. The van der Waals surface area contributed by atoms with Gasteiger partial charge in [0, 0.05) is 22.5 Å². The zero-order valence-electron chi connectivity index (χ0n) is 21.8. The standard InChI is InChI=1S/C26H23ClFN5O.C2HF3O2/c1-15(29-26(34)17-5-7-18(27)8-6-17)21-11-12-24-23(32-21)4-3-13-33(24)25-20-14-19(28)9-10-22(20)30-16(2)31-25;3-2(4,5)1(6)7/h5-12,14-15H,3-4,13H2,1-2H3,(H,29,34);(H,6,7). The molecule has 0 aliphatic carbocycles. The third-order valence-corrected chi connectivity index (χ3v) is 6.46. The minimum absolute atomic E-state index is 0.185. The Labute approximate surface area is 237 Å². The first-order valence-electron chi connectivity index (χ1n) is 12.4. The van der Waals surface area contributed by atoms with E-state index in [-0.39, 0.29) is 17.8 Å². The van der Waals surface area contributed by atoms with Crippen LogP contribution in [0.2, 0.25) is 5.02 Å². The minimum atomic E-state index is -5.08. The molecular weight excluding hydrogens is 566 g/mol. The molecule has 3 heterocycles. The number of aromatic nitrogens is 3. The van der Waals surface area contributed by atoms with Crippen LogP contribution in [0.15, 0.2) is 54.6 Å². The van der Waals surface area contributed by atoms with Gasteiger partial charge in [-0.3, -0.25) is 9.78 Å². The van der Waals surface area contributed by atoms with Gasteiger partial charge in [0.15, 0.2) is 0 Å². The van der Waals surface area contributed by atoms with Crippen LogP contribution >= 0.6 is 11.6 Å². The van der Waals surface area contributed by atoms with Crippen molar-refractivity contribution in [2.45, 2.75) is 38.9 Å². The number of carboxylic acids is 1. The van der Waals surface area contributed by atoms with Crippen LogP contribution < -0.4 is 10.2 Å². The predicted molar refractivity (Wildman–Crippen MR) is 145 cm³/mol. The van der Waals surface area contributed by atoms with Crippen molar-refractivity contribution in [3.05, 3.63) is 88.2 Å². The van der Waals surface area contributed by atoms with E-state index in [2.05, 4.69) is 20.2 Å². The highest BCUT2D eigenvalue weighted by atomic mass is 35.5. The molecule has 1 atom stereocenters. The molecule has 0 saturated carbocycles. The van der Waals surface area contributed by atoms with Gasteiger partial charge >= 0.3 is 12.1 Å². The molecule has 41 heavy (non-hydrogen) atoms. The molecule has 1 amide bonds. The molecule has 0 spiro atoms. The van der Waals surface area contributed by atoms with Crippen molar-refractivity contribution >= 4 is 45.9 Å². The zero-order chi connectivity index (χ0) is 29.9. The second kappa shape index (κ2) is 12.0. The van der Waals surface area contributed by atoms with E-state index >= 15 is 0 Å². The highest BCUT2D eigenvalue weighted by Crippen LogP contribution is 2.36. The lowest BCUT2D eigenvalue weighted by Gasteiger charge is -2.31. The van der Waals surface area contributed by atoms with Crippen molar-refractivity contribution in [1.29, 1.82) is 0 Å². The van der Waals surface area contributed by atoms with E-state index in [4.69, 9.17) is 26.5 Å². The van der Waals surface area contributed by atoms with Gasteiger partial charge in [-0.05, 0) is 81.3 Å². The Morgan fingerprint density at radius 3 is 2.39 bits per heavy atom. The largest absolute Gasteiger partial charge is 0.490 e. The number of amides is 1. The zero-order valence-corrected chi connectivity index (χ0v) is 22.6. The molecule has 0 fully saturated rings. The van der Waals surface area contributed by atoms with Gasteiger partial charge < -0.3 is 15.3 Å². The maximum atomic E-state index is 14.0. The van der Waals surface area contributed by atoms with E-state index in [1.54, 1.807) is 30.3 Å². The van der Waals surface area contributed by atoms with Crippen molar-refractivity contribution in [1.82, 2.24) is 20.3 Å². The van der Waals surface area contributed by atoms with Gasteiger partial charge in [0.05, 0.1) is 28.6 Å². The predicted octanol–water partition coefficient (Wildman–Crippen LogP) is 6.33. The molecule has 0 radical (unpaired) electrons. The summed E-state index contributed by atoms with van der Waals surface area (Å²) in [5, 5.41) is 11.4. The number of carbonyl (C=O) groups is 2. The lowest BCUT2D eigenvalue weighted by atomic mass is 10.0. The smallest absolute Gasteiger partial charge is 0.475 e. The number of fused-ring (bicyclic) bond motifs is 2. The Hall–Kier alpha value is -4.32. The summed E-state index contributed by atoms with van der Waals surface area (Å²) in [4.78, 5) is 37.6. The molecule has 2 aromatic heterocycles. The Bertz CT molecular complexity index is 1600. The van der Waals surface area contributed by atoms with Crippen LogP contribution in [0.5, 0.6) is 0 Å². The van der Waals surface area contributed by atoms with E-state index in [0.29, 0.717) is 33.1 Å². The van der Waals surface area contributed by atoms with Gasteiger partial charge in [-0.15, -0.1) is 0 Å². The van der Waals surface area contributed by atoms with Crippen molar-refractivity contribution < 1.29 is 32.3 Å². The van der Waals surface area contributed by atoms with Crippen molar-refractivity contribution in [3.63, 3.8) is 0 Å². The van der Waals surface area contributed by atoms with Crippen LogP contribution in [0, 0.1) is 12.7 Å². The Kier molecular flexibility index (Phi) is 8.72. The number of anilines is 2. The number of rotatable bonds is 4. The Morgan fingerprint density at radius 2 is 1.73 bits per heavy atom. The quantitative estimate of drug-likeness (QED) is 0.268. The van der Waals surface area contributed by atoms with Gasteiger partial charge in [0.2, 0.25) is 0 Å². The molecule has 0 bridgehead atoms. The normalized spacial score (nSPS) is 13.6. The van der Waals surface area contributed by atoms with Crippen LogP contribution in [-0.2, 0) is 11.2 Å². The molecule has 214 valence electrons. The van der Waals surface area contributed by atoms with E-state index in [9.17, 15) is 22.4 Å². The van der Waals surface area contributed by atoms with Crippen LogP contribution in [0.1, 0.15) is 47.0 Å². The van der Waals surface area contributed by atoms with Gasteiger partial charge in [-0.1, -0.05) is 11.6 Å². The molecule has 13 heteroatoms. The summed E-state index contributed by atoms with van der Waals surface area (Å²) in [5.41, 5.74) is 3.89. The molecule has 2 aromatic carbocycles. The Morgan fingerprint density at radius 1 is 1.05 bits per heavy atom. The van der Waals surface area contributed by atoms with Crippen LogP contribution in [0.25, 0.3) is 10.9 Å². The number of pyridine rings is 1. The number of aliphatic carboxylic acids is 1. The molecular formula is C28H24ClF4N5O3. The molecule has 8 nitrogen and oxygen atoms in total. The fourth-order valence-corrected chi connectivity index (χ4v) is 4.41. The number of nitrogens with one attached hydrogen (secondary N) is 1. The number of hydrogen-bond donors (Lipinski definition) is 2. The average molecular weight is 590 g/mol. The monoisotopic (exact) mass is 589 g/mol. The van der Waals surface area contributed by atoms with Crippen molar-refractivity contribution in [2.24, 2.45) is 0 Å². The first-order chi connectivity index (χ1) is 19.3. The minimum Gasteiger partial charge on any atom is -0.475 e. The molecule has 1 aliphatic heterocycles. The topological polar surface area (TPSA) is 108 Å². The number of halogens is 5. The summed E-state index contributed by atoms with van der Waals surface area (Å²) in [6.45, 7) is 4.50. The van der Waals surface area contributed by atoms with Gasteiger partial charge in [-0.2, -0.15) is 13.2 Å². The highest BCUT2D eigenvalue weighted by molar-refractivity contribution is 6.30. The van der Waals surface area contributed by atoms with Crippen LogP contribution in [0.4, 0.5) is 29.1 Å². The van der Waals surface area contributed by atoms with Crippen molar-refractivity contribution in [2.75, 3.05) is 11.4 Å². The number of carbonyl (C=O) groups excluding carboxylic acids is 1. The lowest BCUT2D eigenvalue weighted by molar-refractivity contribution is -0.192. The third kappa shape index (κ3) is 7.07. The summed E-state index contributed by atoms with van der Waals surface area (Å²) < 4.78 is 45.8. The molecule has 4 aromatic rings. The lowest BCUT2D eigenvalue weighted by Crippen LogP contribution is -2.29. The van der Waals surface area contributed by atoms with E-state index in [0.717, 1.165) is 36.5 Å². The first-order valence-corrected chi connectivity index (χ1v) is 12.8. The van der Waals surface area contributed by atoms with Crippen LogP contribution in [0.3, 0.4) is 0 Å². The van der Waals surface area contributed by atoms with E-state index < -0.39 is 12.1 Å². The summed E-state index contributed by atoms with van der Waals surface area (Å²) in [7, 11) is 0. The summed E-state index contributed by atoms with van der Waals surface area (Å²) in [6.07, 6.45) is -3.39. The number of nitrogens with zero attached hydrogens (tertiary/aromatic N) is 4. The average Bonchev–Trinajstić information content (AvgIpc) is 2.92. The second-order valence-corrected chi connectivity index (χ2v) is 9.65. The summed E-state index contributed by atoms with van der Waals surface area (Å²) in [6, 6.07) is 15.0. The van der Waals surface area contributed by atoms with Gasteiger partial charge in [0.25, 0.3) is 5.91 Å². The molecule has 0 saturated heterocycles. The molecule has 1 unspecified atom stereocenters. The van der Waals surface area contributed by atoms with E-state index in [1.165, 1.54) is 12.1 Å².